The highest BCUT2D eigenvalue weighted by atomic mass is 16.5. The first-order valence-corrected chi connectivity index (χ1v) is 12.9. The number of hydrogen-bond acceptors (Lipinski definition) is 9. The Balaban J connectivity index is 3.06. The van der Waals surface area contributed by atoms with E-state index in [4.69, 9.17) is 20.7 Å². The minimum Gasteiger partial charge on any atom is -0.481 e. The van der Waals surface area contributed by atoms with Crippen LogP contribution in [0.2, 0.25) is 0 Å². The Kier molecular flexibility index (Phi) is 14.6. The van der Waals surface area contributed by atoms with Crippen molar-refractivity contribution in [2.45, 2.75) is 70.3 Å². The zero-order valence-electron chi connectivity index (χ0n) is 23.4. The molecule has 0 saturated carbocycles. The fourth-order valence-corrected chi connectivity index (χ4v) is 3.55. The highest BCUT2D eigenvalue weighted by Crippen LogP contribution is 2.08. The molecule has 9 N–H and O–H groups in total. The third-order valence-electron chi connectivity index (χ3n) is 5.77. The van der Waals surface area contributed by atoms with Gasteiger partial charge in [-0.25, -0.2) is 4.79 Å². The van der Waals surface area contributed by atoms with Crippen LogP contribution in [0.25, 0.3) is 0 Å². The number of carbonyl (C=O) groups excluding carboxylic acids is 5. The first-order chi connectivity index (χ1) is 20.1. The maximum absolute atomic E-state index is 13.1. The number of ether oxygens (including phenoxy) is 1. The second-order valence-electron chi connectivity index (χ2n) is 9.64. The molecule has 0 heterocycles. The van der Waals surface area contributed by atoms with Crippen LogP contribution < -0.4 is 27.0 Å². The van der Waals surface area contributed by atoms with Gasteiger partial charge in [-0.1, -0.05) is 44.2 Å². The molecular weight excluding hydrogens is 574 g/mol. The largest absolute Gasteiger partial charge is 0.481 e. The normalized spacial score (nSPS) is 13.4. The highest BCUT2D eigenvalue weighted by Gasteiger charge is 2.33. The number of hydrogen-bond donors (Lipinski definition) is 8. The fourth-order valence-electron chi connectivity index (χ4n) is 3.55. The van der Waals surface area contributed by atoms with Gasteiger partial charge in [-0.15, -0.1) is 0 Å². The first-order valence-electron chi connectivity index (χ1n) is 12.9. The van der Waals surface area contributed by atoms with Crippen molar-refractivity contribution in [1.29, 1.82) is 0 Å². The zero-order valence-corrected chi connectivity index (χ0v) is 23.4. The van der Waals surface area contributed by atoms with Crippen molar-refractivity contribution in [2.75, 3.05) is 0 Å². The lowest BCUT2D eigenvalue weighted by Gasteiger charge is -2.27. The van der Waals surface area contributed by atoms with E-state index in [0.717, 1.165) is 0 Å². The maximum atomic E-state index is 13.1. The summed E-state index contributed by atoms with van der Waals surface area (Å²) in [4.78, 5) is 96.3. The van der Waals surface area contributed by atoms with Crippen molar-refractivity contribution < 1.29 is 58.4 Å². The zero-order chi connectivity index (χ0) is 32.7. The molecule has 1 rings (SSSR count). The molecule has 0 unspecified atom stereocenters. The number of aliphatic carboxylic acids is 3. The van der Waals surface area contributed by atoms with Crippen LogP contribution in [0.1, 0.15) is 45.1 Å². The Morgan fingerprint density at radius 3 is 1.77 bits per heavy atom. The van der Waals surface area contributed by atoms with E-state index in [1.807, 2.05) is 0 Å². The summed E-state index contributed by atoms with van der Waals surface area (Å²) >= 11 is 0. The van der Waals surface area contributed by atoms with Gasteiger partial charge in [-0.3, -0.25) is 33.6 Å². The summed E-state index contributed by atoms with van der Waals surface area (Å²) in [6.07, 6.45) is -4.02. The minimum absolute atomic E-state index is 0.195. The number of rotatable bonds is 18. The number of primary amides is 1. The molecule has 43 heavy (non-hydrogen) atoms. The van der Waals surface area contributed by atoms with Crippen molar-refractivity contribution >= 4 is 47.6 Å². The molecule has 1 aromatic rings. The molecule has 0 aliphatic carbocycles. The van der Waals surface area contributed by atoms with Crippen molar-refractivity contribution in [3.05, 3.63) is 35.9 Å². The molecule has 17 heteroatoms. The van der Waals surface area contributed by atoms with Gasteiger partial charge in [0.05, 0.1) is 12.8 Å². The van der Waals surface area contributed by atoms with Crippen LogP contribution in [0.15, 0.2) is 30.3 Å². The standard InChI is InChI=1S/C26H35N5O12/c1-13(2)21(25(41)29-16(22(27)38)10-19(34)35)31-23(39)15(8-9-18(32)33)28-24(40)17(11-20(36)37)30-26(42)43-12-14-6-4-3-5-7-14/h3-7,13,15-17,21H,8-12H2,1-2H3,(H2,27,38)(H,28,40)(H,29,41)(H,30,42)(H,31,39)(H,32,33)(H,34,35)(H,36,37)/t15-,16-,17-,21-/m0/s1. The molecule has 17 nitrogen and oxygen atoms in total. The Morgan fingerprint density at radius 1 is 0.721 bits per heavy atom. The number of amides is 5. The van der Waals surface area contributed by atoms with Crippen LogP contribution in [0, 0.1) is 5.92 Å². The smallest absolute Gasteiger partial charge is 0.408 e. The molecule has 4 atom stereocenters. The summed E-state index contributed by atoms with van der Waals surface area (Å²) in [6, 6.07) is 2.08. The van der Waals surface area contributed by atoms with E-state index in [1.165, 1.54) is 13.8 Å². The van der Waals surface area contributed by atoms with Gasteiger partial charge in [0.15, 0.2) is 0 Å². The van der Waals surface area contributed by atoms with Crippen molar-refractivity contribution in [3.63, 3.8) is 0 Å². The summed E-state index contributed by atoms with van der Waals surface area (Å²) in [7, 11) is 0. The Morgan fingerprint density at radius 2 is 1.26 bits per heavy atom. The van der Waals surface area contributed by atoms with E-state index < -0.39 is 103 Å². The molecule has 1 aromatic carbocycles. The molecule has 0 fully saturated rings. The van der Waals surface area contributed by atoms with E-state index in [2.05, 4.69) is 21.3 Å². The van der Waals surface area contributed by atoms with Crippen LogP contribution in [0.3, 0.4) is 0 Å². The van der Waals surface area contributed by atoms with Crippen LogP contribution >= 0.6 is 0 Å². The molecule has 0 saturated heterocycles. The molecule has 0 radical (unpaired) electrons. The predicted octanol–water partition coefficient (Wildman–Crippen LogP) is -1.31. The van der Waals surface area contributed by atoms with Gasteiger partial charge in [0.25, 0.3) is 0 Å². The third kappa shape index (κ3) is 13.8. The molecule has 0 aromatic heterocycles. The predicted molar refractivity (Wildman–Crippen MR) is 145 cm³/mol. The fraction of sp³-hybridized carbons (Fsp3) is 0.462. The van der Waals surface area contributed by atoms with Crippen LogP contribution in [-0.2, 0) is 44.9 Å². The number of benzene rings is 1. The van der Waals surface area contributed by atoms with Crippen molar-refractivity contribution in [3.8, 4) is 0 Å². The Bertz CT molecular complexity index is 1190. The molecule has 0 aliphatic heterocycles. The van der Waals surface area contributed by atoms with Crippen molar-refractivity contribution in [1.82, 2.24) is 21.3 Å². The lowest BCUT2D eigenvalue weighted by molar-refractivity contribution is -0.141. The molecule has 0 aliphatic rings. The van der Waals surface area contributed by atoms with Crippen LogP contribution in [0.5, 0.6) is 0 Å². The Hall–Kier alpha value is -5.22. The van der Waals surface area contributed by atoms with E-state index in [0.29, 0.717) is 5.56 Å². The molecule has 5 amide bonds. The molecular formula is C26H35N5O12. The SMILES string of the molecule is CC(C)[C@H](NC(=O)[C@H](CCC(=O)O)NC(=O)[C@H](CC(=O)O)NC(=O)OCc1ccccc1)C(=O)N[C@@H](CC(=O)O)C(N)=O. The van der Waals surface area contributed by atoms with Crippen molar-refractivity contribution in [2.24, 2.45) is 11.7 Å². The maximum Gasteiger partial charge on any atom is 0.408 e. The average Bonchev–Trinajstić information content (AvgIpc) is 2.91. The van der Waals surface area contributed by atoms with Gasteiger partial charge in [0, 0.05) is 6.42 Å². The van der Waals surface area contributed by atoms with Gasteiger partial charge >= 0.3 is 24.0 Å². The first kappa shape index (κ1) is 35.8. The minimum atomic E-state index is -1.74. The lowest BCUT2D eigenvalue weighted by atomic mass is 10.0. The van der Waals surface area contributed by atoms with Crippen LogP contribution in [0.4, 0.5) is 4.79 Å². The molecule has 0 bridgehead atoms. The van der Waals surface area contributed by atoms with Gasteiger partial charge in [-0.2, -0.15) is 0 Å². The molecule has 0 spiro atoms. The second kappa shape index (κ2) is 17.6. The van der Waals surface area contributed by atoms with Gasteiger partial charge in [0.2, 0.25) is 23.6 Å². The topological polar surface area (TPSA) is 281 Å². The van der Waals surface area contributed by atoms with Crippen LogP contribution in [-0.4, -0.2) is 87.1 Å². The Labute approximate surface area is 245 Å². The monoisotopic (exact) mass is 609 g/mol. The van der Waals surface area contributed by atoms with Gasteiger partial charge in [-0.05, 0) is 17.9 Å². The third-order valence-corrected chi connectivity index (χ3v) is 5.77. The number of carboxylic acids is 3. The van der Waals surface area contributed by atoms with Gasteiger partial charge < -0.3 is 47.1 Å². The molecule has 236 valence electrons. The quantitative estimate of drug-likeness (QED) is 0.0963. The van der Waals surface area contributed by atoms with E-state index in [-0.39, 0.29) is 6.61 Å². The number of alkyl carbamates (subject to hydrolysis) is 1. The van der Waals surface area contributed by atoms with E-state index in [1.54, 1.807) is 30.3 Å². The summed E-state index contributed by atoms with van der Waals surface area (Å²) in [5.41, 5.74) is 5.75. The van der Waals surface area contributed by atoms with Gasteiger partial charge in [0.1, 0.15) is 30.8 Å². The summed E-state index contributed by atoms with van der Waals surface area (Å²) in [5.74, 6) is -9.26. The second-order valence-corrected chi connectivity index (χ2v) is 9.64. The number of carboxylic acid groups (broad SMARTS) is 3. The lowest BCUT2D eigenvalue weighted by Crippen LogP contribution is -2.59. The highest BCUT2D eigenvalue weighted by molar-refractivity contribution is 5.96. The number of nitrogens with two attached hydrogens (primary N) is 1. The number of nitrogens with one attached hydrogen (secondary N) is 4. The summed E-state index contributed by atoms with van der Waals surface area (Å²) < 4.78 is 5.01. The number of carbonyl (C=O) groups is 8. The summed E-state index contributed by atoms with van der Waals surface area (Å²) in [6.45, 7) is 2.80. The van der Waals surface area contributed by atoms with E-state index >= 15 is 0 Å². The average molecular weight is 610 g/mol. The summed E-state index contributed by atoms with van der Waals surface area (Å²) in [5, 5.41) is 36.0. The van der Waals surface area contributed by atoms with E-state index in [9.17, 15) is 43.5 Å².